The van der Waals surface area contributed by atoms with Gasteiger partial charge in [-0.15, -0.1) is 22.7 Å². The molecule has 0 spiro atoms. The molecular formula is C13H12N4OS2. The molecule has 0 aliphatic carbocycles. The van der Waals surface area contributed by atoms with Crippen molar-refractivity contribution in [3.8, 4) is 15.7 Å². The van der Waals surface area contributed by atoms with Gasteiger partial charge in [-0.2, -0.15) is 9.78 Å². The number of carbonyl (C=O) groups excluding carboxylic acids is 1. The monoisotopic (exact) mass is 304 g/mol. The lowest BCUT2D eigenvalue weighted by molar-refractivity contribution is -0.114. The third kappa shape index (κ3) is 2.50. The summed E-state index contributed by atoms with van der Waals surface area (Å²) in [4.78, 5) is 16.9. The van der Waals surface area contributed by atoms with Gasteiger partial charge in [-0.25, -0.2) is 4.98 Å². The fraction of sp³-hybridized carbons (Fsp3) is 0.154. The van der Waals surface area contributed by atoms with Crippen LogP contribution >= 0.6 is 22.7 Å². The van der Waals surface area contributed by atoms with Crippen LogP contribution in [0.1, 0.15) is 12.6 Å². The van der Waals surface area contributed by atoms with Crippen LogP contribution in [0.4, 0.5) is 5.82 Å². The van der Waals surface area contributed by atoms with Crippen LogP contribution < -0.4 is 5.32 Å². The van der Waals surface area contributed by atoms with E-state index in [-0.39, 0.29) is 5.91 Å². The van der Waals surface area contributed by atoms with E-state index in [0.717, 1.165) is 21.4 Å². The zero-order valence-corrected chi connectivity index (χ0v) is 12.6. The minimum absolute atomic E-state index is 0.124. The lowest BCUT2D eigenvalue weighted by Crippen LogP contribution is -2.10. The number of thiazole rings is 1. The van der Waals surface area contributed by atoms with E-state index in [1.165, 1.54) is 18.3 Å². The molecule has 3 rings (SSSR count). The molecule has 1 amide bonds. The van der Waals surface area contributed by atoms with E-state index in [1.807, 2.05) is 35.9 Å². The molecule has 0 bridgehead atoms. The molecule has 20 heavy (non-hydrogen) atoms. The highest BCUT2D eigenvalue weighted by Crippen LogP contribution is 2.28. The number of thiophene rings is 1. The van der Waals surface area contributed by atoms with Gasteiger partial charge in [0.15, 0.2) is 0 Å². The first-order valence-electron chi connectivity index (χ1n) is 5.97. The summed E-state index contributed by atoms with van der Waals surface area (Å²) in [5.41, 5.74) is 1.77. The Morgan fingerprint density at radius 2 is 2.25 bits per heavy atom. The van der Waals surface area contributed by atoms with Gasteiger partial charge in [-0.05, 0) is 18.4 Å². The molecule has 102 valence electrons. The van der Waals surface area contributed by atoms with Crippen LogP contribution in [0.2, 0.25) is 0 Å². The third-order valence-electron chi connectivity index (χ3n) is 2.58. The summed E-state index contributed by atoms with van der Waals surface area (Å²) in [7, 11) is 0. The maximum absolute atomic E-state index is 11.2. The van der Waals surface area contributed by atoms with Crippen LogP contribution in [0.25, 0.3) is 15.7 Å². The summed E-state index contributed by atoms with van der Waals surface area (Å²) in [5.74, 6) is 0.517. The molecule has 3 heterocycles. The molecular weight excluding hydrogens is 292 g/mol. The highest BCUT2D eigenvalue weighted by Gasteiger charge is 2.13. The number of aromatic nitrogens is 3. The molecule has 0 fully saturated rings. The Hall–Kier alpha value is -1.99. The highest BCUT2D eigenvalue weighted by molar-refractivity contribution is 7.15. The molecule has 0 unspecified atom stereocenters. The first-order valence-corrected chi connectivity index (χ1v) is 7.73. The van der Waals surface area contributed by atoms with E-state index in [1.54, 1.807) is 16.0 Å². The van der Waals surface area contributed by atoms with Gasteiger partial charge >= 0.3 is 0 Å². The molecule has 0 aliphatic heterocycles. The molecule has 3 aromatic heterocycles. The van der Waals surface area contributed by atoms with Crippen LogP contribution in [-0.2, 0) is 4.79 Å². The Kier molecular flexibility index (Phi) is 3.37. The molecule has 0 saturated carbocycles. The summed E-state index contributed by atoms with van der Waals surface area (Å²) in [6.45, 7) is 3.36. The predicted octanol–water partition coefficient (Wildman–Crippen LogP) is 3.32. The van der Waals surface area contributed by atoms with Crippen molar-refractivity contribution in [2.75, 3.05) is 5.32 Å². The molecule has 1 N–H and O–H groups in total. The van der Waals surface area contributed by atoms with Crippen molar-refractivity contribution in [3.63, 3.8) is 0 Å². The number of nitrogens with one attached hydrogen (secondary N) is 1. The Morgan fingerprint density at radius 1 is 1.40 bits per heavy atom. The fourth-order valence-corrected chi connectivity index (χ4v) is 3.36. The molecule has 7 heteroatoms. The Balaban J connectivity index is 1.99. The average Bonchev–Trinajstić information content (AvgIpc) is 3.07. The van der Waals surface area contributed by atoms with Crippen LogP contribution in [-0.4, -0.2) is 20.7 Å². The second-order valence-corrected chi connectivity index (χ2v) is 6.04. The van der Waals surface area contributed by atoms with Gasteiger partial charge in [0.1, 0.15) is 5.82 Å². The number of amides is 1. The van der Waals surface area contributed by atoms with Crippen molar-refractivity contribution >= 4 is 34.4 Å². The molecule has 0 saturated heterocycles. The number of hydrogen-bond acceptors (Lipinski definition) is 5. The quantitative estimate of drug-likeness (QED) is 0.807. The molecule has 5 nitrogen and oxygen atoms in total. The standard InChI is InChI=1S/C13H12N4OS2/c1-8-6-12(14-9(2)18)17(16-8)13-15-10(7-20-13)11-4-3-5-19-11/h3-7H,1-2H3,(H,14,18). The molecule has 0 atom stereocenters. The van der Waals surface area contributed by atoms with Gasteiger partial charge in [-0.3, -0.25) is 4.79 Å². The third-order valence-corrected chi connectivity index (χ3v) is 4.29. The van der Waals surface area contributed by atoms with Crippen molar-refractivity contribution in [3.05, 3.63) is 34.7 Å². The average molecular weight is 304 g/mol. The maximum atomic E-state index is 11.2. The smallest absolute Gasteiger partial charge is 0.222 e. The Bertz CT molecular complexity index is 742. The summed E-state index contributed by atoms with van der Waals surface area (Å²) in [6, 6.07) is 5.86. The number of nitrogens with zero attached hydrogens (tertiary/aromatic N) is 3. The van der Waals surface area contributed by atoms with E-state index in [9.17, 15) is 4.79 Å². The maximum Gasteiger partial charge on any atom is 0.222 e. The molecule has 0 aliphatic rings. The van der Waals surface area contributed by atoms with Gasteiger partial charge in [-0.1, -0.05) is 6.07 Å². The van der Waals surface area contributed by atoms with Crippen molar-refractivity contribution in [1.29, 1.82) is 0 Å². The molecule has 3 aromatic rings. The van der Waals surface area contributed by atoms with Crippen molar-refractivity contribution in [2.45, 2.75) is 13.8 Å². The van der Waals surface area contributed by atoms with E-state index < -0.39 is 0 Å². The summed E-state index contributed by atoms with van der Waals surface area (Å²) >= 11 is 3.15. The van der Waals surface area contributed by atoms with Crippen molar-refractivity contribution < 1.29 is 4.79 Å². The van der Waals surface area contributed by atoms with Gasteiger partial charge in [0.2, 0.25) is 11.0 Å². The van der Waals surface area contributed by atoms with Crippen LogP contribution in [0, 0.1) is 6.92 Å². The van der Waals surface area contributed by atoms with Gasteiger partial charge in [0, 0.05) is 18.4 Å². The lowest BCUT2D eigenvalue weighted by Gasteiger charge is -2.03. The predicted molar refractivity (Wildman–Crippen MR) is 81.6 cm³/mol. The minimum Gasteiger partial charge on any atom is -0.311 e. The summed E-state index contributed by atoms with van der Waals surface area (Å²) < 4.78 is 1.67. The summed E-state index contributed by atoms with van der Waals surface area (Å²) in [5, 5.41) is 11.9. The van der Waals surface area contributed by atoms with E-state index >= 15 is 0 Å². The molecule has 0 aromatic carbocycles. The topological polar surface area (TPSA) is 59.8 Å². The summed E-state index contributed by atoms with van der Waals surface area (Å²) in [6.07, 6.45) is 0. The minimum atomic E-state index is -0.124. The number of anilines is 1. The van der Waals surface area contributed by atoms with Gasteiger partial charge < -0.3 is 5.32 Å². The van der Waals surface area contributed by atoms with E-state index in [0.29, 0.717) is 5.82 Å². The number of hydrogen-bond donors (Lipinski definition) is 1. The Morgan fingerprint density at radius 3 is 2.95 bits per heavy atom. The largest absolute Gasteiger partial charge is 0.311 e. The highest BCUT2D eigenvalue weighted by atomic mass is 32.1. The van der Waals surface area contributed by atoms with E-state index in [4.69, 9.17) is 0 Å². The number of aryl methyl sites for hydroxylation is 1. The van der Waals surface area contributed by atoms with Crippen LogP contribution in [0.3, 0.4) is 0 Å². The lowest BCUT2D eigenvalue weighted by atomic mass is 10.4. The van der Waals surface area contributed by atoms with Crippen LogP contribution in [0.15, 0.2) is 29.0 Å². The number of carbonyl (C=O) groups is 1. The van der Waals surface area contributed by atoms with Gasteiger partial charge in [0.05, 0.1) is 16.3 Å². The zero-order chi connectivity index (χ0) is 14.1. The van der Waals surface area contributed by atoms with Gasteiger partial charge in [0.25, 0.3) is 0 Å². The second-order valence-electron chi connectivity index (χ2n) is 4.26. The van der Waals surface area contributed by atoms with Crippen molar-refractivity contribution in [1.82, 2.24) is 14.8 Å². The number of rotatable bonds is 3. The van der Waals surface area contributed by atoms with E-state index in [2.05, 4.69) is 15.4 Å². The SMILES string of the molecule is CC(=O)Nc1cc(C)nn1-c1nc(-c2cccs2)cs1. The first-order chi connectivity index (χ1) is 9.63. The van der Waals surface area contributed by atoms with Crippen molar-refractivity contribution in [2.24, 2.45) is 0 Å². The first kappa shape index (κ1) is 13.0. The normalized spacial score (nSPS) is 10.7. The second kappa shape index (κ2) is 5.18. The molecule has 0 radical (unpaired) electrons. The Labute approximate surface area is 123 Å². The zero-order valence-electron chi connectivity index (χ0n) is 11.0. The van der Waals surface area contributed by atoms with Crippen LogP contribution in [0.5, 0.6) is 0 Å². The fourth-order valence-electron chi connectivity index (χ4n) is 1.81.